The zero-order valence-corrected chi connectivity index (χ0v) is 7.72. The molecule has 64 valence electrons. The van der Waals surface area contributed by atoms with E-state index in [1.165, 1.54) is 0 Å². The lowest BCUT2D eigenvalue weighted by atomic mass is 9.84. The van der Waals surface area contributed by atoms with Crippen molar-refractivity contribution in [2.75, 3.05) is 0 Å². The molecule has 0 saturated carbocycles. The molecule has 1 nitrogen and oxygen atoms in total. The summed E-state index contributed by atoms with van der Waals surface area (Å²) in [6.45, 7) is 13.3. The lowest BCUT2D eigenvalue weighted by Gasteiger charge is -2.26. The van der Waals surface area contributed by atoms with Crippen molar-refractivity contribution >= 4 is 0 Å². The molecule has 0 fully saturated rings. The summed E-state index contributed by atoms with van der Waals surface area (Å²) in [5.74, 6) is 0. The highest BCUT2D eigenvalue weighted by Crippen LogP contribution is 2.25. The molecule has 1 heteroatoms. The molecule has 1 unspecified atom stereocenters. The number of rotatable bonds is 4. The summed E-state index contributed by atoms with van der Waals surface area (Å²) >= 11 is 0. The van der Waals surface area contributed by atoms with Crippen LogP contribution in [0.2, 0.25) is 0 Å². The average Bonchev–Trinajstić information content (AvgIpc) is 1.86. The van der Waals surface area contributed by atoms with Crippen molar-refractivity contribution in [2.24, 2.45) is 5.41 Å². The highest BCUT2D eigenvalue weighted by atomic mass is 16.3. The molecule has 11 heavy (non-hydrogen) atoms. The molecule has 0 amide bonds. The van der Waals surface area contributed by atoms with Gasteiger partial charge >= 0.3 is 0 Å². The van der Waals surface area contributed by atoms with Crippen LogP contribution in [0.15, 0.2) is 24.8 Å². The van der Waals surface area contributed by atoms with Gasteiger partial charge in [0.2, 0.25) is 0 Å². The zero-order chi connectivity index (χ0) is 9.07. The van der Waals surface area contributed by atoms with Crippen LogP contribution in [0.25, 0.3) is 0 Å². The first-order valence-electron chi connectivity index (χ1n) is 3.86. The average molecular weight is 154 g/mol. The third-order valence-electron chi connectivity index (χ3n) is 1.93. The Hall–Kier alpha value is -0.560. The first-order valence-corrected chi connectivity index (χ1v) is 3.86. The van der Waals surface area contributed by atoms with E-state index in [0.29, 0.717) is 6.42 Å². The van der Waals surface area contributed by atoms with E-state index in [2.05, 4.69) is 13.2 Å². The highest BCUT2D eigenvalue weighted by Gasteiger charge is 2.23. The van der Waals surface area contributed by atoms with Crippen LogP contribution < -0.4 is 0 Å². The topological polar surface area (TPSA) is 20.2 Å². The Kier molecular flexibility index (Phi) is 3.53. The first kappa shape index (κ1) is 10.4. The summed E-state index contributed by atoms with van der Waals surface area (Å²) in [7, 11) is 0. The van der Waals surface area contributed by atoms with E-state index < -0.39 is 0 Å². The van der Waals surface area contributed by atoms with Gasteiger partial charge in [0.1, 0.15) is 0 Å². The van der Waals surface area contributed by atoms with Gasteiger partial charge in [0.25, 0.3) is 0 Å². The number of aliphatic hydroxyl groups excluding tert-OH is 1. The molecule has 0 aliphatic rings. The van der Waals surface area contributed by atoms with Gasteiger partial charge in [-0.2, -0.15) is 0 Å². The Labute approximate surface area is 69.4 Å². The molecule has 0 aromatic carbocycles. The van der Waals surface area contributed by atoms with Crippen molar-refractivity contribution in [3.63, 3.8) is 0 Å². The number of hydrogen-bond acceptors (Lipinski definition) is 1. The molecule has 0 aromatic heterocycles. The third kappa shape index (κ3) is 3.38. The molecule has 0 aliphatic heterocycles. The van der Waals surface area contributed by atoms with Gasteiger partial charge in [-0.05, 0) is 13.3 Å². The van der Waals surface area contributed by atoms with Gasteiger partial charge in [0, 0.05) is 5.41 Å². The lowest BCUT2D eigenvalue weighted by molar-refractivity contribution is 0.0827. The summed E-state index contributed by atoms with van der Waals surface area (Å²) in [5.41, 5.74) is 0.798. The van der Waals surface area contributed by atoms with E-state index in [-0.39, 0.29) is 11.5 Å². The minimum Gasteiger partial charge on any atom is -0.392 e. The summed E-state index contributed by atoms with van der Waals surface area (Å²) in [6.07, 6.45) is 2.07. The van der Waals surface area contributed by atoms with Crippen molar-refractivity contribution in [3.05, 3.63) is 24.8 Å². The molecule has 0 bridgehead atoms. The molecular formula is C10H18O. The Morgan fingerprint density at radius 3 is 2.36 bits per heavy atom. The smallest absolute Gasteiger partial charge is 0.0662 e. The van der Waals surface area contributed by atoms with E-state index in [1.807, 2.05) is 20.8 Å². The van der Waals surface area contributed by atoms with Gasteiger partial charge in [-0.1, -0.05) is 25.5 Å². The molecule has 0 saturated heterocycles. The fraction of sp³-hybridized carbons (Fsp3) is 0.600. The fourth-order valence-electron chi connectivity index (χ4n) is 0.729. The summed E-state index contributed by atoms with van der Waals surface area (Å²) in [6, 6.07) is 0. The van der Waals surface area contributed by atoms with Crippen LogP contribution in [0.3, 0.4) is 0 Å². The predicted octanol–water partition coefficient (Wildman–Crippen LogP) is 2.53. The predicted molar refractivity (Wildman–Crippen MR) is 49.4 cm³/mol. The van der Waals surface area contributed by atoms with Crippen molar-refractivity contribution in [3.8, 4) is 0 Å². The molecule has 0 heterocycles. The van der Waals surface area contributed by atoms with Gasteiger partial charge in [0.05, 0.1) is 6.10 Å². The van der Waals surface area contributed by atoms with Crippen molar-refractivity contribution in [1.82, 2.24) is 0 Å². The Morgan fingerprint density at radius 2 is 2.09 bits per heavy atom. The van der Waals surface area contributed by atoms with Crippen LogP contribution in [0.5, 0.6) is 0 Å². The maximum absolute atomic E-state index is 9.62. The van der Waals surface area contributed by atoms with Gasteiger partial charge in [-0.15, -0.1) is 13.2 Å². The molecule has 1 atom stereocenters. The lowest BCUT2D eigenvalue weighted by Crippen LogP contribution is -2.26. The molecule has 1 N–H and O–H groups in total. The van der Waals surface area contributed by atoms with Crippen molar-refractivity contribution in [1.29, 1.82) is 0 Å². The quantitative estimate of drug-likeness (QED) is 0.617. The van der Waals surface area contributed by atoms with Crippen LogP contribution in [-0.4, -0.2) is 11.2 Å². The zero-order valence-electron chi connectivity index (χ0n) is 7.72. The fourth-order valence-corrected chi connectivity index (χ4v) is 0.729. The van der Waals surface area contributed by atoms with E-state index in [4.69, 9.17) is 0 Å². The van der Waals surface area contributed by atoms with Crippen LogP contribution in [-0.2, 0) is 0 Å². The first-order chi connectivity index (χ1) is 4.90. The van der Waals surface area contributed by atoms with E-state index in [1.54, 1.807) is 6.08 Å². The number of hydrogen-bond donors (Lipinski definition) is 1. The second-order valence-corrected chi connectivity index (χ2v) is 3.70. The SMILES string of the molecule is C=CC(C)(C)C(O)CC(=C)C. The molecule has 0 radical (unpaired) electrons. The van der Waals surface area contributed by atoms with Crippen LogP contribution in [0, 0.1) is 5.41 Å². The monoisotopic (exact) mass is 154 g/mol. The van der Waals surface area contributed by atoms with E-state index in [9.17, 15) is 5.11 Å². The molecule has 0 spiro atoms. The van der Waals surface area contributed by atoms with E-state index in [0.717, 1.165) is 5.57 Å². The molecule has 0 rings (SSSR count). The van der Waals surface area contributed by atoms with Gasteiger partial charge in [0.15, 0.2) is 0 Å². The van der Waals surface area contributed by atoms with Crippen molar-refractivity contribution in [2.45, 2.75) is 33.3 Å². The normalized spacial score (nSPS) is 14.2. The van der Waals surface area contributed by atoms with Gasteiger partial charge < -0.3 is 5.11 Å². The highest BCUT2D eigenvalue weighted by molar-refractivity contribution is 5.00. The summed E-state index contributed by atoms with van der Waals surface area (Å²) in [5, 5.41) is 9.62. The maximum Gasteiger partial charge on any atom is 0.0662 e. The molecular weight excluding hydrogens is 136 g/mol. The standard InChI is InChI=1S/C10H18O/c1-6-10(4,5)9(11)7-8(2)3/h6,9,11H,1-2,7H2,3-5H3. The van der Waals surface area contributed by atoms with Gasteiger partial charge in [-0.25, -0.2) is 0 Å². The third-order valence-corrected chi connectivity index (χ3v) is 1.93. The number of aliphatic hydroxyl groups is 1. The largest absolute Gasteiger partial charge is 0.392 e. The minimum absolute atomic E-state index is 0.209. The molecule has 0 aromatic rings. The van der Waals surface area contributed by atoms with Gasteiger partial charge in [-0.3, -0.25) is 0 Å². The second kappa shape index (κ2) is 3.72. The summed E-state index contributed by atoms with van der Waals surface area (Å²) < 4.78 is 0. The van der Waals surface area contributed by atoms with Crippen LogP contribution in [0.4, 0.5) is 0 Å². The summed E-state index contributed by atoms with van der Waals surface area (Å²) in [4.78, 5) is 0. The van der Waals surface area contributed by atoms with Crippen LogP contribution >= 0.6 is 0 Å². The Balaban J connectivity index is 4.11. The maximum atomic E-state index is 9.62. The van der Waals surface area contributed by atoms with E-state index >= 15 is 0 Å². The Morgan fingerprint density at radius 1 is 1.64 bits per heavy atom. The van der Waals surface area contributed by atoms with Crippen LogP contribution in [0.1, 0.15) is 27.2 Å². The Bertz CT molecular complexity index is 156. The minimum atomic E-state index is -0.363. The van der Waals surface area contributed by atoms with Crippen molar-refractivity contribution < 1.29 is 5.11 Å². The second-order valence-electron chi connectivity index (χ2n) is 3.70. The molecule has 0 aliphatic carbocycles.